The Morgan fingerprint density at radius 2 is 1.71 bits per heavy atom. The summed E-state index contributed by atoms with van der Waals surface area (Å²) in [6, 6.07) is 15.4. The quantitative estimate of drug-likeness (QED) is 0.318. The van der Waals surface area contributed by atoms with Gasteiger partial charge in [0.25, 0.3) is 5.91 Å². The van der Waals surface area contributed by atoms with Crippen LogP contribution in [0.1, 0.15) is 44.1 Å². The number of para-hydroxylation sites is 1. The van der Waals surface area contributed by atoms with Gasteiger partial charge in [0.2, 0.25) is 5.91 Å². The van der Waals surface area contributed by atoms with Crippen LogP contribution in [0.25, 0.3) is 0 Å². The van der Waals surface area contributed by atoms with Gasteiger partial charge in [-0.15, -0.1) is 11.3 Å². The standard InChI is InChI=1S/C27H23ClN2O7S/c1-4-36-27(34)22-14(2)18(26(33)35-3)25(38-22)29-23(31)19-20(16-12-8-9-13-17(16)28)30(37-21(19)24(29)32)15-10-6-5-7-11-15/h5-13,19-21H,4H2,1-3H3/t19-,20-,21-/m1/s1. The molecule has 11 heteroatoms. The Morgan fingerprint density at radius 1 is 1.03 bits per heavy atom. The topological polar surface area (TPSA) is 102 Å². The molecule has 2 fully saturated rings. The number of benzene rings is 2. The van der Waals surface area contributed by atoms with Gasteiger partial charge in [-0.25, -0.2) is 19.6 Å². The molecular formula is C27H23ClN2O7S. The number of methoxy groups -OCH3 is 1. The zero-order valence-electron chi connectivity index (χ0n) is 20.7. The molecule has 2 saturated heterocycles. The lowest BCUT2D eigenvalue weighted by atomic mass is 9.90. The molecule has 0 unspecified atom stereocenters. The zero-order valence-corrected chi connectivity index (χ0v) is 22.2. The van der Waals surface area contributed by atoms with Crippen molar-refractivity contribution in [1.82, 2.24) is 0 Å². The van der Waals surface area contributed by atoms with Crippen LogP contribution < -0.4 is 9.96 Å². The van der Waals surface area contributed by atoms with Crippen LogP contribution in [0, 0.1) is 12.8 Å². The number of hydroxylamine groups is 1. The molecule has 2 aliphatic heterocycles. The second-order valence-electron chi connectivity index (χ2n) is 8.64. The van der Waals surface area contributed by atoms with Gasteiger partial charge in [0.1, 0.15) is 15.8 Å². The van der Waals surface area contributed by atoms with Crippen LogP contribution in [0.2, 0.25) is 5.02 Å². The molecule has 3 heterocycles. The van der Waals surface area contributed by atoms with Gasteiger partial charge in [0.05, 0.1) is 31.0 Å². The van der Waals surface area contributed by atoms with E-state index in [0.717, 1.165) is 16.2 Å². The van der Waals surface area contributed by atoms with Gasteiger partial charge in [-0.2, -0.15) is 0 Å². The van der Waals surface area contributed by atoms with Crippen LogP contribution in [0.15, 0.2) is 54.6 Å². The van der Waals surface area contributed by atoms with Crippen molar-refractivity contribution in [2.75, 3.05) is 23.7 Å². The molecule has 9 nitrogen and oxygen atoms in total. The number of thiophene rings is 1. The number of nitrogens with zero attached hydrogens (tertiary/aromatic N) is 2. The van der Waals surface area contributed by atoms with Crippen LogP contribution in [0.4, 0.5) is 10.7 Å². The highest BCUT2D eigenvalue weighted by atomic mass is 35.5. The molecule has 0 N–H and O–H groups in total. The van der Waals surface area contributed by atoms with Crippen LogP contribution in [-0.2, 0) is 23.9 Å². The molecule has 0 radical (unpaired) electrons. The molecule has 2 aliphatic rings. The van der Waals surface area contributed by atoms with Crippen LogP contribution >= 0.6 is 22.9 Å². The van der Waals surface area contributed by atoms with Crippen LogP contribution in [-0.4, -0.2) is 43.6 Å². The molecule has 2 amide bonds. The Labute approximate surface area is 227 Å². The lowest BCUT2D eigenvalue weighted by molar-refractivity contribution is -0.126. The molecule has 38 heavy (non-hydrogen) atoms. The summed E-state index contributed by atoms with van der Waals surface area (Å²) >= 11 is 7.39. The molecule has 0 bridgehead atoms. The van der Waals surface area contributed by atoms with Crippen molar-refractivity contribution in [3.8, 4) is 0 Å². The smallest absolute Gasteiger partial charge is 0.348 e. The van der Waals surface area contributed by atoms with E-state index in [1.807, 2.05) is 18.2 Å². The van der Waals surface area contributed by atoms with Gasteiger partial charge < -0.3 is 9.47 Å². The lowest BCUT2D eigenvalue weighted by Gasteiger charge is -2.29. The van der Waals surface area contributed by atoms with Crippen molar-refractivity contribution in [3.05, 3.63) is 81.2 Å². The number of carbonyl (C=O) groups excluding carboxylic acids is 4. The zero-order chi connectivity index (χ0) is 27.1. The van der Waals surface area contributed by atoms with Crippen molar-refractivity contribution >= 4 is 57.4 Å². The third-order valence-corrected chi connectivity index (χ3v) is 8.13. The van der Waals surface area contributed by atoms with E-state index in [0.29, 0.717) is 16.3 Å². The summed E-state index contributed by atoms with van der Waals surface area (Å²) in [5, 5.41) is 1.94. The Hall–Kier alpha value is -3.73. The third kappa shape index (κ3) is 4.05. The van der Waals surface area contributed by atoms with E-state index in [1.165, 1.54) is 12.2 Å². The lowest BCUT2D eigenvalue weighted by Crippen LogP contribution is -2.37. The predicted molar refractivity (Wildman–Crippen MR) is 140 cm³/mol. The van der Waals surface area contributed by atoms with Gasteiger partial charge in [0, 0.05) is 5.02 Å². The van der Waals surface area contributed by atoms with Gasteiger partial charge >= 0.3 is 11.9 Å². The number of halogens is 1. The Bertz CT molecular complexity index is 1440. The summed E-state index contributed by atoms with van der Waals surface area (Å²) in [6.45, 7) is 3.32. The summed E-state index contributed by atoms with van der Waals surface area (Å²) < 4.78 is 10.0. The molecule has 1 aromatic heterocycles. The van der Waals surface area contributed by atoms with E-state index in [2.05, 4.69) is 0 Å². The van der Waals surface area contributed by atoms with Crippen LogP contribution in [0.5, 0.6) is 0 Å². The van der Waals surface area contributed by atoms with Crippen molar-refractivity contribution in [3.63, 3.8) is 0 Å². The second kappa shape index (κ2) is 10.2. The summed E-state index contributed by atoms with van der Waals surface area (Å²) in [4.78, 5) is 60.3. The van der Waals surface area contributed by atoms with Gasteiger partial charge in [-0.05, 0) is 43.2 Å². The number of fused-ring (bicyclic) bond motifs is 1. The highest BCUT2D eigenvalue weighted by molar-refractivity contribution is 7.19. The number of rotatable bonds is 6. The molecule has 0 aliphatic carbocycles. The average Bonchev–Trinajstić information content (AvgIpc) is 3.54. The maximum atomic E-state index is 14.0. The maximum Gasteiger partial charge on any atom is 0.348 e. The minimum atomic E-state index is -1.18. The van der Waals surface area contributed by atoms with E-state index in [-0.39, 0.29) is 27.6 Å². The van der Waals surface area contributed by atoms with Gasteiger partial charge in [-0.3, -0.25) is 14.4 Å². The summed E-state index contributed by atoms with van der Waals surface area (Å²) in [7, 11) is 1.18. The molecule has 3 atom stereocenters. The number of imide groups is 1. The molecule has 2 aromatic carbocycles. The van der Waals surface area contributed by atoms with E-state index in [1.54, 1.807) is 50.2 Å². The average molecular weight is 555 g/mol. The second-order valence-corrected chi connectivity index (χ2v) is 10.0. The first-order valence-electron chi connectivity index (χ1n) is 11.8. The van der Waals surface area contributed by atoms with Crippen molar-refractivity contribution in [1.29, 1.82) is 0 Å². The largest absolute Gasteiger partial charge is 0.465 e. The van der Waals surface area contributed by atoms with Crippen molar-refractivity contribution < 1.29 is 33.5 Å². The number of carbonyl (C=O) groups is 4. The minimum Gasteiger partial charge on any atom is -0.465 e. The van der Waals surface area contributed by atoms with E-state index in [4.69, 9.17) is 25.9 Å². The Balaban J connectivity index is 1.62. The molecule has 3 aromatic rings. The maximum absolute atomic E-state index is 14.0. The van der Waals surface area contributed by atoms with E-state index >= 15 is 0 Å². The monoisotopic (exact) mass is 554 g/mol. The normalized spacial score (nSPS) is 20.6. The molecule has 196 valence electrons. The number of ether oxygens (including phenoxy) is 2. The highest BCUT2D eigenvalue weighted by Crippen LogP contribution is 2.50. The summed E-state index contributed by atoms with van der Waals surface area (Å²) in [5.41, 5.74) is 1.47. The van der Waals surface area contributed by atoms with Crippen molar-refractivity contribution in [2.45, 2.75) is 26.0 Å². The minimum absolute atomic E-state index is 0.00503. The molecule has 0 spiro atoms. The Kier molecular flexibility index (Phi) is 6.95. The highest BCUT2D eigenvalue weighted by Gasteiger charge is 2.61. The fraction of sp³-hybridized carbons (Fsp3) is 0.259. The number of hydrogen-bond donors (Lipinski definition) is 0. The van der Waals surface area contributed by atoms with Gasteiger partial charge in [-0.1, -0.05) is 48.0 Å². The summed E-state index contributed by atoms with van der Waals surface area (Å²) in [5.74, 6) is -3.65. The number of anilines is 2. The number of amides is 2. The van der Waals surface area contributed by atoms with Crippen molar-refractivity contribution in [2.24, 2.45) is 5.92 Å². The third-order valence-electron chi connectivity index (χ3n) is 6.53. The molecule has 5 rings (SSSR count). The van der Waals surface area contributed by atoms with E-state index < -0.39 is 41.8 Å². The fourth-order valence-corrected chi connectivity index (χ4v) is 6.28. The predicted octanol–water partition coefficient (Wildman–Crippen LogP) is 4.72. The van der Waals surface area contributed by atoms with Crippen LogP contribution in [0.3, 0.4) is 0 Å². The molecule has 0 saturated carbocycles. The Morgan fingerprint density at radius 3 is 2.37 bits per heavy atom. The van der Waals surface area contributed by atoms with Gasteiger partial charge in [0.15, 0.2) is 6.10 Å². The first-order chi connectivity index (χ1) is 18.3. The first kappa shape index (κ1) is 25.9. The molecular weight excluding hydrogens is 532 g/mol. The number of esters is 2. The fourth-order valence-electron chi connectivity index (χ4n) is 4.83. The number of hydrogen-bond acceptors (Lipinski definition) is 9. The SMILES string of the molecule is CCOC(=O)c1sc(N2C(=O)[C@@H]3[C@@H](c4ccccc4Cl)N(c4ccccc4)O[C@H]3C2=O)c(C(=O)OC)c1C. The van der Waals surface area contributed by atoms with E-state index in [9.17, 15) is 19.2 Å². The first-order valence-corrected chi connectivity index (χ1v) is 13.0. The summed E-state index contributed by atoms with van der Waals surface area (Å²) in [6.07, 6.45) is -1.18.